The van der Waals surface area contributed by atoms with Crippen molar-refractivity contribution < 1.29 is 60.4 Å². The van der Waals surface area contributed by atoms with Gasteiger partial charge in [0, 0.05) is 25.9 Å². The first-order valence-electron chi connectivity index (χ1n) is 17.5. The fourth-order valence-electron chi connectivity index (χ4n) is 5.47. The number of hydrogen-bond donors (Lipinski definition) is 2. The molecule has 0 fully saturated rings. The second-order valence-corrected chi connectivity index (χ2v) is 15.2. The molecule has 6 aromatic rings. The van der Waals surface area contributed by atoms with Gasteiger partial charge in [-0.1, -0.05) is 30.3 Å². The number of alkyl halides is 6. The molecule has 0 unspecified atom stereocenters. The Kier molecular flexibility index (Phi) is 14.3. The molecule has 0 saturated heterocycles. The van der Waals surface area contributed by atoms with Crippen LogP contribution in [0.1, 0.15) is 44.0 Å². The van der Waals surface area contributed by atoms with E-state index in [1.165, 1.54) is 46.9 Å². The van der Waals surface area contributed by atoms with Gasteiger partial charge in [-0.25, -0.2) is 4.79 Å². The quantitative estimate of drug-likeness (QED) is 0.105. The second kappa shape index (κ2) is 19.1. The Morgan fingerprint density at radius 3 is 1.45 bits per heavy atom. The normalized spacial score (nSPS) is 11.4. The molecule has 0 amide bonds. The fraction of sp³-hybridized carbons (Fsp3) is 0.209. The van der Waals surface area contributed by atoms with Crippen LogP contribution in [0.2, 0.25) is 0 Å². The summed E-state index contributed by atoms with van der Waals surface area (Å²) in [5.41, 5.74) is 2.80. The van der Waals surface area contributed by atoms with Crippen LogP contribution in [0.5, 0.6) is 17.2 Å². The number of rotatable bonds is 14. The highest BCUT2D eigenvalue weighted by molar-refractivity contribution is 7.15. The van der Waals surface area contributed by atoms with Crippen LogP contribution in [0.25, 0.3) is 20.9 Å². The molecule has 0 radical (unpaired) electrons. The lowest BCUT2D eigenvalue weighted by atomic mass is 10.0. The van der Waals surface area contributed by atoms with Crippen molar-refractivity contribution in [2.45, 2.75) is 52.3 Å². The van der Waals surface area contributed by atoms with Crippen LogP contribution >= 0.6 is 22.7 Å². The van der Waals surface area contributed by atoms with Gasteiger partial charge in [0.15, 0.2) is 6.61 Å². The van der Waals surface area contributed by atoms with Crippen molar-refractivity contribution in [3.05, 3.63) is 147 Å². The predicted molar refractivity (Wildman–Crippen MR) is 210 cm³/mol. The highest BCUT2D eigenvalue weighted by atomic mass is 32.1. The minimum atomic E-state index is -4.35. The van der Waals surface area contributed by atoms with Gasteiger partial charge in [0.05, 0.1) is 11.1 Å². The largest absolute Gasteiger partial charge is 0.488 e. The summed E-state index contributed by atoms with van der Waals surface area (Å²) in [5.74, 6) is -0.112. The smallest absolute Gasteiger partial charge is 0.416 e. The molecule has 304 valence electrons. The van der Waals surface area contributed by atoms with E-state index in [9.17, 15) is 35.9 Å². The molecule has 0 aliphatic carbocycles. The fourth-order valence-corrected chi connectivity index (χ4v) is 7.32. The van der Waals surface area contributed by atoms with Crippen molar-refractivity contribution in [2.75, 3.05) is 6.61 Å². The van der Waals surface area contributed by atoms with Crippen molar-refractivity contribution >= 4 is 34.6 Å². The van der Waals surface area contributed by atoms with Gasteiger partial charge in [-0.05, 0) is 127 Å². The summed E-state index contributed by atoms with van der Waals surface area (Å²) < 4.78 is 92.8. The van der Waals surface area contributed by atoms with E-state index < -0.39 is 42.0 Å². The number of carboxylic acids is 2. The van der Waals surface area contributed by atoms with E-state index in [0.717, 1.165) is 66.0 Å². The highest BCUT2D eigenvalue weighted by Crippen LogP contribution is 2.35. The first-order chi connectivity index (χ1) is 27.4. The van der Waals surface area contributed by atoms with Crippen molar-refractivity contribution in [2.24, 2.45) is 0 Å². The summed E-state index contributed by atoms with van der Waals surface area (Å²) in [6.07, 6.45) is -8.13. The molecule has 2 aromatic heterocycles. The zero-order chi connectivity index (χ0) is 42.0. The summed E-state index contributed by atoms with van der Waals surface area (Å²) in [4.78, 5) is 24.9. The molecule has 4 aromatic carbocycles. The van der Waals surface area contributed by atoms with Crippen molar-refractivity contribution in [3.63, 3.8) is 0 Å². The Morgan fingerprint density at radius 1 is 0.569 bits per heavy atom. The van der Waals surface area contributed by atoms with Crippen LogP contribution in [0.15, 0.2) is 109 Å². The minimum absolute atomic E-state index is 0.0863. The van der Waals surface area contributed by atoms with Gasteiger partial charge in [-0.2, -0.15) is 26.3 Å². The molecule has 2 heterocycles. The van der Waals surface area contributed by atoms with Crippen LogP contribution in [0.4, 0.5) is 26.3 Å². The molecule has 0 saturated carbocycles. The van der Waals surface area contributed by atoms with Crippen LogP contribution in [-0.2, 0) is 41.6 Å². The number of benzene rings is 4. The molecule has 0 atom stereocenters. The molecule has 0 bridgehead atoms. The first-order valence-corrected chi connectivity index (χ1v) is 19.1. The lowest BCUT2D eigenvalue weighted by molar-refractivity contribution is -0.139. The summed E-state index contributed by atoms with van der Waals surface area (Å²) in [6, 6.07) is 28.3. The van der Waals surface area contributed by atoms with E-state index >= 15 is 0 Å². The Hall–Kier alpha value is -5.80. The predicted octanol–water partition coefficient (Wildman–Crippen LogP) is 12.1. The van der Waals surface area contributed by atoms with Crippen molar-refractivity contribution in [3.8, 4) is 38.1 Å². The number of hydrogen-bond acceptors (Lipinski definition) is 7. The van der Waals surface area contributed by atoms with E-state index in [2.05, 4.69) is 0 Å². The Labute approximate surface area is 337 Å². The van der Waals surface area contributed by atoms with E-state index in [1.54, 1.807) is 25.1 Å². The average Bonchev–Trinajstić information content (AvgIpc) is 3.86. The van der Waals surface area contributed by atoms with Crippen molar-refractivity contribution in [1.29, 1.82) is 0 Å². The lowest BCUT2D eigenvalue weighted by Crippen LogP contribution is -2.10. The third-order valence-corrected chi connectivity index (χ3v) is 10.7. The number of halogens is 6. The summed E-state index contributed by atoms with van der Waals surface area (Å²) >= 11 is 2.91. The van der Waals surface area contributed by atoms with Gasteiger partial charge in [-0.3, -0.25) is 4.79 Å². The van der Waals surface area contributed by atoms with E-state index in [0.29, 0.717) is 42.4 Å². The minimum Gasteiger partial charge on any atom is -0.488 e. The van der Waals surface area contributed by atoms with Gasteiger partial charge < -0.3 is 24.4 Å². The molecule has 58 heavy (non-hydrogen) atoms. The van der Waals surface area contributed by atoms with Crippen LogP contribution < -0.4 is 14.2 Å². The standard InChI is InChI=1S/C22H19F3O3S.C21H17F3O4S/c1-14-12-18(8-4-15(14)5-11-21(26)27)28-13-19-9-10-20(29-19)16-2-6-17(7-3-16)22(23,24)25;1-13-10-16(6-8-18(13)28-12-20(25)26)27-11-17-7-9-19(29-17)14-2-4-15(5-3-14)21(22,23)24/h2-4,6-10,12H,5,11,13H2,1H3,(H,26,27);2-10H,11-12H2,1H3,(H,25,26). The monoisotopic (exact) mass is 842 g/mol. The van der Waals surface area contributed by atoms with Gasteiger partial charge >= 0.3 is 24.3 Å². The zero-order valence-corrected chi connectivity index (χ0v) is 32.6. The van der Waals surface area contributed by atoms with Gasteiger partial charge in [0.2, 0.25) is 0 Å². The third kappa shape index (κ3) is 12.6. The molecule has 0 spiro atoms. The molecule has 6 rings (SSSR count). The molecule has 0 aliphatic heterocycles. The third-order valence-electron chi connectivity index (χ3n) is 8.50. The van der Waals surface area contributed by atoms with Crippen molar-refractivity contribution in [1.82, 2.24) is 0 Å². The molecular formula is C43H36F6O7S2. The maximum Gasteiger partial charge on any atom is 0.416 e. The number of ether oxygens (including phenoxy) is 3. The number of carbonyl (C=O) groups is 2. The zero-order valence-electron chi connectivity index (χ0n) is 30.9. The van der Waals surface area contributed by atoms with Crippen LogP contribution in [0.3, 0.4) is 0 Å². The van der Waals surface area contributed by atoms with E-state index in [-0.39, 0.29) is 6.42 Å². The van der Waals surface area contributed by atoms with Crippen LogP contribution in [-0.4, -0.2) is 28.8 Å². The average molecular weight is 843 g/mol. The number of carboxylic acid groups (broad SMARTS) is 2. The maximum absolute atomic E-state index is 12.7. The highest BCUT2D eigenvalue weighted by Gasteiger charge is 2.31. The van der Waals surface area contributed by atoms with Gasteiger partial charge in [0.25, 0.3) is 0 Å². The topological polar surface area (TPSA) is 102 Å². The lowest BCUT2D eigenvalue weighted by Gasteiger charge is -2.10. The summed E-state index contributed by atoms with van der Waals surface area (Å²) in [6.45, 7) is 3.94. The van der Waals surface area contributed by atoms with Gasteiger partial charge in [-0.15, -0.1) is 22.7 Å². The Balaban J connectivity index is 0.000000221. The van der Waals surface area contributed by atoms with E-state index in [1.807, 2.05) is 49.4 Å². The molecular weight excluding hydrogens is 807 g/mol. The van der Waals surface area contributed by atoms with Gasteiger partial charge in [0.1, 0.15) is 30.5 Å². The second-order valence-electron chi connectivity index (χ2n) is 12.9. The van der Waals surface area contributed by atoms with E-state index in [4.69, 9.17) is 24.4 Å². The summed E-state index contributed by atoms with van der Waals surface area (Å²) in [7, 11) is 0. The maximum atomic E-state index is 12.7. The first kappa shape index (κ1) is 43.3. The Bertz CT molecular complexity index is 2150. The molecule has 7 nitrogen and oxygen atoms in total. The molecule has 0 aliphatic rings. The number of aryl methyl sites for hydroxylation is 3. The van der Waals surface area contributed by atoms with Crippen LogP contribution in [0, 0.1) is 13.8 Å². The molecule has 2 N–H and O–H groups in total. The summed E-state index contributed by atoms with van der Waals surface area (Å²) in [5, 5.41) is 17.5. The SMILES string of the molecule is Cc1cc(OCc2ccc(-c3ccc(C(F)(F)F)cc3)s2)ccc1CCC(=O)O.Cc1cc(OCc2ccc(-c3ccc(C(F)(F)F)cc3)s2)ccc1OCC(=O)O. The number of thiophene rings is 2. The molecule has 15 heteroatoms. The Morgan fingerprint density at radius 2 is 1.03 bits per heavy atom. The number of aliphatic carboxylic acids is 2.